The molecule has 0 bridgehead atoms. The van der Waals surface area contributed by atoms with Crippen LogP contribution in [0.3, 0.4) is 0 Å². The molecule has 41 heavy (non-hydrogen) atoms. The lowest BCUT2D eigenvalue weighted by molar-refractivity contribution is -0.192. The van der Waals surface area contributed by atoms with E-state index in [-0.39, 0.29) is 15.9 Å². The normalized spacial score (nSPS) is 11.6. The number of nitrogens with two attached hydrogens (primary N) is 1. The summed E-state index contributed by atoms with van der Waals surface area (Å²) in [6.07, 6.45) is 2.27. The van der Waals surface area contributed by atoms with Gasteiger partial charge >= 0.3 is 12.1 Å². The van der Waals surface area contributed by atoms with Crippen molar-refractivity contribution in [3.05, 3.63) is 77.5 Å². The van der Waals surface area contributed by atoms with Gasteiger partial charge in [0.15, 0.2) is 0 Å². The van der Waals surface area contributed by atoms with Gasteiger partial charge in [-0.25, -0.2) is 32.9 Å². The summed E-state index contributed by atoms with van der Waals surface area (Å²) in [4.78, 5) is 33.2. The lowest BCUT2D eigenvalue weighted by Gasteiger charge is -2.09. The van der Waals surface area contributed by atoms with E-state index in [1.54, 1.807) is 12.5 Å². The molecule has 4 aromatic rings. The topological polar surface area (TPSA) is 170 Å². The highest BCUT2D eigenvalue weighted by Gasteiger charge is 2.38. The lowest BCUT2D eigenvalue weighted by atomic mass is 10.0. The number of nitrogens with one attached hydrogen (secondary N) is 1. The molecule has 16 heteroatoms. The second-order valence-electron chi connectivity index (χ2n) is 8.99. The molecule has 0 aliphatic rings. The number of carbonyl (C=O) groups is 2. The second kappa shape index (κ2) is 12.9. The van der Waals surface area contributed by atoms with E-state index < -0.39 is 28.1 Å². The van der Waals surface area contributed by atoms with Crippen molar-refractivity contribution < 1.29 is 36.3 Å². The van der Waals surface area contributed by atoms with Gasteiger partial charge in [-0.2, -0.15) is 13.2 Å². The molecule has 3 heterocycles. The summed E-state index contributed by atoms with van der Waals surface area (Å²) in [5, 5.41) is 7.12. The van der Waals surface area contributed by atoms with Gasteiger partial charge < -0.3 is 15.4 Å². The zero-order valence-electron chi connectivity index (χ0n) is 21.7. The molecule has 4 rings (SSSR count). The van der Waals surface area contributed by atoms with Gasteiger partial charge in [0.1, 0.15) is 9.90 Å². The number of sulfonamides is 1. The minimum absolute atomic E-state index is 0.0770. The molecule has 0 aliphatic heterocycles. The summed E-state index contributed by atoms with van der Waals surface area (Å²) in [6, 6.07) is 11.0. The van der Waals surface area contributed by atoms with Gasteiger partial charge in [0.2, 0.25) is 5.95 Å². The van der Waals surface area contributed by atoms with Crippen LogP contribution in [0.5, 0.6) is 0 Å². The molecular weight excluding hydrogens is 585 g/mol. The number of carboxylic acids is 1. The number of hydrogen-bond donors (Lipinski definition) is 3. The Morgan fingerprint density at radius 1 is 1.17 bits per heavy atom. The van der Waals surface area contributed by atoms with E-state index in [4.69, 9.17) is 15.6 Å². The van der Waals surface area contributed by atoms with Crippen molar-refractivity contribution in [2.24, 2.45) is 11.7 Å². The molecule has 1 amide bonds. The number of primary amides is 1. The lowest BCUT2D eigenvalue weighted by Crippen LogP contribution is -2.21. The molecule has 0 atom stereocenters. The molecule has 0 unspecified atom stereocenters. The Morgan fingerprint density at radius 2 is 1.88 bits per heavy atom. The Bertz CT molecular complexity index is 1620. The summed E-state index contributed by atoms with van der Waals surface area (Å²) in [7, 11) is -4.04. The first kappa shape index (κ1) is 31.2. The van der Waals surface area contributed by atoms with Gasteiger partial charge in [0.25, 0.3) is 15.9 Å². The van der Waals surface area contributed by atoms with E-state index in [1.807, 2.05) is 41.1 Å². The Labute approximate surface area is 237 Å². The van der Waals surface area contributed by atoms with Crippen LogP contribution in [0.1, 0.15) is 34.8 Å². The number of halogens is 3. The molecule has 4 N–H and O–H groups in total. The SMILES string of the molecule is CC(C)Cc1cc(-c2cccc(Cn3ccnc3)c2)c(S(=O)(=O)Nc2nccc(C(N)=O)n2)s1.O=C(O)C(F)(F)F. The van der Waals surface area contributed by atoms with Crippen molar-refractivity contribution in [2.45, 2.75) is 37.2 Å². The Kier molecular flexibility index (Phi) is 9.83. The standard InChI is InChI=1S/C23H24N6O3S2.C2HF3O2/c1-15(2)10-18-12-19(17-5-3-4-16(11-17)13-29-9-8-25-14-29)22(33-18)34(31,32)28-23-26-7-6-20(27-23)21(24)30;3-2(4,5)1(6)7/h3-9,11-12,14-15H,10,13H2,1-2H3,(H2,24,30)(H,26,27,28);(H,6,7). The fraction of sp³-hybridized carbons (Fsp3) is 0.240. The molecular formula is C25H25F3N6O5S2. The third-order valence-corrected chi connectivity index (χ3v) is 8.16. The monoisotopic (exact) mass is 610 g/mol. The van der Waals surface area contributed by atoms with Crippen LogP contribution in [-0.4, -0.2) is 51.1 Å². The number of nitrogens with zero attached hydrogens (tertiary/aromatic N) is 4. The first-order chi connectivity index (χ1) is 19.2. The van der Waals surface area contributed by atoms with Gasteiger partial charge in [-0.1, -0.05) is 32.0 Å². The molecule has 0 fully saturated rings. The first-order valence-corrected chi connectivity index (χ1v) is 14.1. The number of thiophene rings is 1. The molecule has 0 saturated heterocycles. The number of aromatic nitrogens is 4. The Morgan fingerprint density at radius 3 is 2.46 bits per heavy atom. The average molecular weight is 611 g/mol. The van der Waals surface area contributed by atoms with E-state index >= 15 is 0 Å². The van der Waals surface area contributed by atoms with Crippen molar-refractivity contribution in [3.8, 4) is 11.1 Å². The summed E-state index contributed by atoms with van der Waals surface area (Å²) in [5.41, 5.74) is 7.59. The van der Waals surface area contributed by atoms with E-state index in [0.29, 0.717) is 18.0 Å². The predicted octanol–water partition coefficient (Wildman–Crippen LogP) is 4.18. The molecule has 1 aromatic carbocycles. The summed E-state index contributed by atoms with van der Waals surface area (Å²) in [6.45, 7) is 4.78. The average Bonchev–Trinajstić information content (AvgIpc) is 3.54. The number of amides is 1. The van der Waals surface area contributed by atoms with Crippen LogP contribution in [0.25, 0.3) is 11.1 Å². The maximum absolute atomic E-state index is 13.4. The molecule has 0 saturated carbocycles. The number of aliphatic carboxylic acids is 1. The highest BCUT2D eigenvalue weighted by atomic mass is 32.2. The summed E-state index contributed by atoms with van der Waals surface area (Å²) >= 11 is 1.22. The second-order valence-corrected chi connectivity index (χ2v) is 12.0. The Balaban J connectivity index is 0.000000587. The molecule has 11 nitrogen and oxygen atoms in total. The predicted molar refractivity (Wildman–Crippen MR) is 145 cm³/mol. The minimum atomic E-state index is -5.08. The quantitative estimate of drug-likeness (QED) is 0.253. The number of anilines is 1. The van der Waals surface area contributed by atoms with Crippen LogP contribution in [0.2, 0.25) is 0 Å². The van der Waals surface area contributed by atoms with Gasteiger partial charge in [-0.3, -0.25) is 4.79 Å². The highest BCUT2D eigenvalue weighted by molar-refractivity contribution is 7.94. The number of alkyl halides is 3. The molecule has 0 aliphatic carbocycles. The Hall–Kier alpha value is -4.31. The van der Waals surface area contributed by atoms with Crippen molar-refractivity contribution in [3.63, 3.8) is 0 Å². The van der Waals surface area contributed by atoms with E-state index in [2.05, 4.69) is 33.5 Å². The number of carboxylic acid groups (broad SMARTS) is 1. The largest absolute Gasteiger partial charge is 0.490 e. The van der Waals surface area contributed by atoms with Crippen molar-refractivity contribution in [1.29, 1.82) is 0 Å². The third kappa shape index (κ3) is 8.84. The van der Waals surface area contributed by atoms with Crippen LogP contribution in [-0.2, 0) is 27.8 Å². The third-order valence-electron chi connectivity index (χ3n) is 5.14. The highest BCUT2D eigenvalue weighted by Crippen LogP contribution is 2.37. The van der Waals surface area contributed by atoms with Gasteiger partial charge in [0.05, 0.1) is 6.33 Å². The zero-order chi connectivity index (χ0) is 30.4. The van der Waals surface area contributed by atoms with Gasteiger partial charge in [0, 0.05) is 35.6 Å². The molecule has 0 spiro atoms. The smallest absolute Gasteiger partial charge is 0.475 e. The van der Waals surface area contributed by atoms with Gasteiger partial charge in [-0.15, -0.1) is 11.3 Å². The minimum Gasteiger partial charge on any atom is -0.475 e. The maximum atomic E-state index is 13.4. The summed E-state index contributed by atoms with van der Waals surface area (Å²) < 4.78 is 63.1. The summed E-state index contributed by atoms with van der Waals surface area (Å²) in [5.74, 6) is -3.38. The van der Waals surface area contributed by atoms with Crippen molar-refractivity contribution in [2.75, 3.05) is 4.72 Å². The van der Waals surface area contributed by atoms with E-state index in [0.717, 1.165) is 22.4 Å². The van der Waals surface area contributed by atoms with Crippen LogP contribution in [0, 0.1) is 5.92 Å². The van der Waals surface area contributed by atoms with E-state index in [9.17, 15) is 26.4 Å². The number of rotatable bonds is 9. The van der Waals surface area contributed by atoms with Crippen LogP contribution < -0.4 is 10.5 Å². The van der Waals surface area contributed by atoms with Crippen molar-refractivity contribution in [1.82, 2.24) is 19.5 Å². The van der Waals surface area contributed by atoms with Crippen LogP contribution >= 0.6 is 11.3 Å². The first-order valence-electron chi connectivity index (χ1n) is 11.8. The molecule has 218 valence electrons. The number of benzene rings is 1. The van der Waals surface area contributed by atoms with Crippen molar-refractivity contribution >= 4 is 39.2 Å². The van der Waals surface area contributed by atoms with E-state index in [1.165, 1.54) is 23.6 Å². The number of carbonyl (C=O) groups excluding carboxylic acids is 1. The van der Waals surface area contributed by atoms with Crippen LogP contribution in [0.15, 0.2) is 65.5 Å². The number of hydrogen-bond acceptors (Lipinski definition) is 8. The molecule has 3 aromatic heterocycles. The van der Waals surface area contributed by atoms with Gasteiger partial charge in [-0.05, 0) is 41.7 Å². The zero-order valence-corrected chi connectivity index (χ0v) is 23.3. The fourth-order valence-electron chi connectivity index (χ4n) is 3.47. The number of imidazole rings is 1. The fourth-order valence-corrected chi connectivity index (χ4v) is 6.37. The molecule has 0 radical (unpaired) electrons. The van der Waals surface area contributed by atoms with Crippen LogP contribution in [0.4, 0.5) is 19.1 Å². The maximum Gasteiger partial charge on any atom is 0.490 e.